The van der Waals surface area contributed by atoms with Crippen LogP contribution in [-0.2, 0) is 10.0 Å². The van der Waals surface area contributed by atoms with Crippen LogP contribution in [0.1, 0.15) is 13.8 Å². The van der Waals surface area contributed by atoms with E-state index in [9.17, 15) is 8.42 Å². The Kier molecular flexibility index (Phi) is 4.29. The van der Waals surface area contributed by atoms with Gasteiger partial charge in [-0.2, -0.15) is 0 Å². The second kappa shape index (κ2) is 5.51. The highest BCUT2D eigenvalue weighted by Crippen LogP contribution is 2.37. The van der Waals surface area contributed by atoms with E-state index in [1.807, 2.05) is 0 Å². The van der Waals surface area contributed by atoms with Crippen LogP contribution in [0.5, 0.6) is 11.5 Å². The third-order valence-electron chi connectivity index (χ3n) is 2.81. The molecule has 1 aromatic carbocycles. The summed E-state index contributed by atoms with van der Waals surface area (Å²) in [6, 6.07) is 3.05. The molecule has 2 rings (SSSR count). The molecule has 1 aromatic rings. The molecule has 0 radical (unpaired) electrons. The molecule has 0 aliphatic carbocycles. The summed E-state index contributed by atoms with van der Waals surface area (Å²) in [4.78, 5) is 0.100. The quantitative estimate of drug-likeness (QED) is 0.838. The summed E-state index contributed by atoms with van der Waals surface area (Å²) in [5.74, 6) is 0.950. The van der Waals surface area contributed by atoms with E-state index in [2.05, 4.69) is 20.7 Å². The van der Waals surface area contributed by atoms with Crippen molar-refractivity contribution in [2.24, 2.45) is 5.73 Å². The predicted molar refractivity (Wildman–Crippen MR) is 78.6 cm³/mol. The van der Waals surface area contributed by atoms with Gasteiger partial charge in [0, 0.05) is 22.6 Å². The van der Waals surface area contributed by atoms with Crippen molar-refractivity contribution < 1.29 is 17.9 Å². The van der Waals surface area contributed by atoms with Crippen molar-refractivity contribution in [3.8, 4) is 11.5 Å². The van der Waals surface area contributed by atoms with Gasteiger partial charge in [-0.15, -0.1) is 0 Å². The van der Waals surface area contributed by atoms with Gasteiger partial charge < -0.3 is 15.2 Å². The van der Waals surface area contributed by atoms with Crippen molar-refractivity contribution in [1.82, 2.24) is 4.72 Å². The van der Waals surface area contributed by atoms with Crippen molar-refractivity contribution in [3.05, 3.63) is 16.6 Å². The maximum absolute atomic E-state index is 12.4. The van der Waals surface area contributed by atoms with E-state index in [1.54, 1.807) is 19.9 Å². The summed E-state index contributed by atoms with van der Waals surface area (Å²) in [7, 11) is -3.71. The Labute approximate surface area is 126 Å². The Morgan fingerprint density at radius 1 is 1.30 bits per heavy atom. The van der Waals surface area contributed by atoms with Crippen LogP contribution in [0.15, 0.2) is 21.5 Å². The standard InChI is InChI=1S/C12H17BrN2O4S/c1-12(2,7-14)15-20(16,17)11-6-10-9(5-8(11)13)18-3-4-19-10/h5-6,15H,3-4,7,14H2,1-2H3. The average molecular weight is 365 g/mol. The van der Waals surface area contributed by atoms with Crippen molar-refractivity contribution in [2.75, 3.05) is 19.8 Å². The number of sulfonamides is 1. The zero-order valence-electron chi connectivity index (χ0n) is 11.3. The van der Waals surface area contributed by atoms with E-state index < -0.39 is 15.6 Å². The predicted octanol–water partition coefficient (Wildman–Crippen LogP) is 1.24. The van der Waals surface area contributed by atoms with Gasteiger partial charge in [-0.1, -0.05) is 0 Å². The zero-order chi connectivity index (χ0) is 15.0. The molecule has 8 heteroatoms. The summed E-state index contributed by atoms with van der Waals surface area (Å²) in [5.41, 5.74) is 4.83. The molecule has 3 N–H and O–H groups in total. The smallest absolute Gasteiger partial charge is 0.242 e. The maximum Gasteiger partial charge on any atom is 0.242 e. The van der Waals surface area contributed by atoms with Gasteiger partial charge in [0.25, 0.3) is 0 Å². The lowest BCUT2D eigenvalue weighted by Gasteiger charge is -2.25. The van der Waals surface area contributed by atoms with E-state index in [0.29, 0.717) is 29.2 Å². The molecular formula is C12H17BrN2O4S. The Hall–Kier alpha value is -0.830. The highest BCUT2D eigenvalue weighted by molar-refractivity contribution is 9.10. The minimum atomic E-state index is -3.71. The van der Waals surface area contributed by atoms with Crippen LogP contribution < -0.4 is 19.9 Å². The van der Waals surface area contributed by atoms with Gasteiger partial charge in [0.1, 0.15) is 18.1 Å². The van der Waals surface area contributed by atoms with E-state index >= 15 is 0 Å². The Balaban J connectivity index is 2.42. The monoisotopic (exact) mass is 364 g/mol. The summed E-state index contributed by atoms with van der Waals surface area (Å²) < 4.78 is 38.6. The first-order chi connectivity index (χ1) is 9.25. The van der Waals surface area contributed by atoms with E-state index in [0.717, 1.165) is 0 Å². The number of ether oxygens (including phenoxy) is 2. The fourth-order valence-electron chi connectivity index (χ4n) is 1.71. The number of halogens is 1. The molecule has 0 fully saturated rings. The second-order valence-corrected chi connectivity index (χ2v) is 7.62. The van der Waals surface area contributed by atoms with Gasteiger partial charge in [-0.3, -0.25) is 0 Å². The van der Waals surface area contributed by atoms with Crippen molar-refractivity contribution in [1.29, 1.82) is 0 Å². The zero-order valence-corrected chi connectivity index (χ0v) is 13.7. The molecule has 0 saturated heterocycles. The molecule has 20 heavy (non-hydrogen) atoms. The minimum Gasteiger partial charge on any atom is -0.486 e. The van der Waals surface area contributed by atoms with Gasteiger partial charge in [-0.05, 0) is 35.8 Å². The first-order valence-corrected chi connectivity index (χ1v) is 8.36. The number of fused-ring (bicyclic) bond motifs is 1. The third kappa shape index (κ3) is 3.25. The van der Waals surface area contributed by atoms with Crippen molar-refractivity contribution in [2.45, 2.75) is 24.3 Å². The van der Waals surface area contributed by atoms with Crippen LogP contribution in [0.2, 0.25) is 0 Å². The van der Waals surface area contributed by atoms with Crippen LogP contribution in [0.25, 0.3) is 0 Å². The molecule has 0 spiro atoms. The van der Waals surface area contributed by atoms with Crippen LogP contribution in [0.3, 0.4) is 0 Å². The molecule has 0 saturated carbocycles. The SMILES string of the molecule is CC(C)(CN)NS(=O)(=O)c1cc2c(cc1Br)OCCO2. The third-order valence-corrected chi connectivity index (χ3v) is 5.46. The lowest BCUT2D eigenvalue weighted by atomic mass is 10.1. The minimum absolute atomic E-state index is 0.100. The van der Waals surface area contributed by atoms with Gasteiger partial charge in [0.15, 0.2) is 11.5 Å². The normalized spacial score (nSPS) is 15.2. The molecule has 0 aromatic heterocycles. The molecule has 0 bridgehead atoms. The number of hydrogen-bond donors (Lipinski definition) is 2. The summed E-state index contributed by atoms with van der Waals surface area (Å²) in [6.07, 6.45) is 0. The number of hydrogen-bond acceptors (Lipinski definition) is 5. The largest absolute Gasteiger partial charge is 0.486 e. The molecular weight excluding hydrogens is 348 g/mol. The van der Waals surface area contributed by atoms with Crippen LogP contribution in [-0.4, -0.2) is 33.7 Å². The van der Waals surface area contributed by atoms with Crippen molar-refractivity contribution >= 4 is 26.0 Å². The van der Waals surface area contributed by atoms with Crippen LogP contribution in [0.4, 0.5) is 0 Å². The molecule has 0 amide bonds. The lowest BCUT2D eigenvalue weighted by Crippen LogP contribution is -2.48. The van der Waals surface area contributed by atoms with Gasteiger partial charge >= 0.3 is 0 Å². The van der Waals surface area contributed by atoms with Gasteiger partial charge in [0.05, 0.1) is 0 Å². The lowest BCUT2D eigenvalue weighted by molar-refractivity contribution is 0.171. The fraction of sp³-hybridized carbons (Fsp3) is 0.500. The first kappa shape index (κ1) is 15.6. The molecule has 1 heterocycles. The van der Waals surface area contributed by atoms with Crippen LogP contribution >= 0.6 is 15.9 Å². The molecule has 1 aliphatic rings. The van der Waals surface area contributed by atoms with E-state index in [1.165, 1.54) is 6.07 Å². The molecule has 6 nitrogen and oxygen atoms in total. The van der Waals surface area contributed by atoms with Gasteiger partial charge in [0.2, 0.25) is 10.0 Å². The number of rotatable bonds is 4. The number of benzene rings is 1. The Morgan fingerprint density at radius 2 is 1.85 bits per heavy atom. The number of nitrogens with two attached hydrogens (primary N) is 1. The summed E-state index contributed by atoms with van der Waals surface area (Å²) >= 11 is 3.25. The molecule has 0 atom stereocenters. The first-order valence-electron chi connectivity index (χ1n) is 6.08. The van der Waals surface area contributed by atoms with Crippen LogP contribution in [0, 0.1) is 0 Å². The average Bonchev–Trinajstić information content (AvgIpc) is 2.36. The second-order valence-electron chi connectivity index (χ2n) is 5.12. The maximum atomic E-state index is 12.4. The van der Waals surface area contributed by atoms with E-state index in [4.69, 9.17) is 15.2 Å². The highest BCUT2D eigenvalue weighted by Gasteiger charge is 2.28. The molecule has 0 unspecified atom stereocenters. The Morgan fingerprint density at radius 3 is 2.40 bits per heavy atom. The molecule has 112 valence electrons. The van der Waals surface area contributed by atoms with Crippen molar-refractivity contribution in [3.63, 3.8) is 0 Å². The van der Waals surface area contributed by atoms with E-state index in [-0.39, 0.29) is 11.4 Å². The van der Waals surface area contributed by atoms with Gasteiger partial charge in [-0.25, -0.2) is 13.1 Å². The molecule has 1 aliphatic heterocycles. The Bertz CT molecular complexity index is 616. The number of nitrogens with one attached hydrogen (secondary N) is 1. The topological polar surface area (TPSA) is 90.7 Å². The summed E-state index contributed by atoms with van der Waals surface area (Å²) in [5, 5.41) is 0. The summed E-state index contributed by atoms with van der Waals surface area (Å²) in [6.45, 7) is 4.47. The highest BCUT2D eigenvalue weighted by atomic mass is 79.9. The fourth-order valence-corrected chi connectivity index (χ4v) is 4.17.